The zero-order valence-corrected chi connectivity index (χ0v) is 24.2. The molecule has 2 aliphatic rings. The van der Waals surface area contributed by atoms with Crippen LogP contribution in [0.5, 0.6) is 0 Å². The standard InChI is InChI=1S/C19H23N9O9P2S2/c20-17-16-18(22-6-21-17)28(8-24-16)13-3-10(11(34-13)5-33-38(30,31)40)36-39(32,41)37-14-2-1-12(35-14)27-7-23-15-9(27)4-25-26-19(15)29/h4,6-8,10-14H,1-3,5H2,(H,26,29)(H,32,41)(H2,20,21,22)(H2,30,31,40)/t10-,11+,12+,13+,14+,39?/m0/s1. The van der Waals surface area contributed by atoms with Crippen LogP contribution in [0, 0.1) is 0 Å². The largest absolute Gasteiger partial charge is 0.383 e. The second-order valence-electron chi connectivity index (χ2n) is 9.13. The van der Waals surface area contributed by atoms with E-state index in [2.05, 4.69) is 42.4 Å². The molecule has 0 aromatic carbocycles. The minimum Gasteiger partial charge on any atom is -0.382 e. The van der Waals surface area contributed by atoms with Gasteiger partial charge in [0.25, 0.3) is 5.56 Å². The molecule has 2 aliphatic heterocycles. The number of fused-ring (bicyclic) bond motifs is 2. The molecule has 2 fully saturated rings. The van der Waals surface area contributed by atoms with Gasteiger partial charge in [-0.25, -0.2) is 29.6 Å². The Labute approximate surface area is 240 Å². The van der Waals surface area contributed by atoms with E-state index in [1.807, 2.05) is 0 Å². The third-order valence-electron chi connectivity index (χ3n) is 6.47. The zero-order chi connectivity index (χ0) is 28.9. The Kier molecular flexibility index (Phi) is 7.75. The van der Waals surface area contributed by atoms with E-state index in [1.54, 1.807) is 9.13 Å². The van der Waals surface area contributed by atoms with E-state index >= 15 is 0 Å². The second kappa shape index (κ2) is 11.1. The van der Waals surface area contributed by atoms with E-state index in [0.717, 1.165) is 0 Å². The van der Waals surface area contributed by atoms with Gasteiger partial charge in [0.1, 0.15) is 30.4 Å². The van der Waals surface area contributed by atoms with Gasteiger partial charge in [-0.15, -0.1) is 0 Å². The third kappa shape index (κ3) is 6.09. The van der Waals surface area contributed by atoms with Crippen molar-refractivity contribution >= 4 is 65.6 Å². The highest BCUT2D eigenvalue weighted by atomic mass is 32.7. The monoisotopic (exact) mass is 647 g/mol. The number of aromatic nitrogens is 8. The van der Waals surface area contributed by atoms with Crippen LogP contribution in [0.3, 0.4) is 0 Å². The molecule has 22 heteroatoms. The molecule has 18 nitrogen and oxygen atoms in total. The van der Waals surface area contributed by atoms with Crippen molar-refractivity contribution in [1.82, 2.24) is 39.3 Å². The Balaban J connectivity index is 1.16. The van der Waals surface area contributed by atoms with Crippen LogP contribution in [0.1, 0.15) is 31.7 Å². The summed E-state index contributed by atoms with van der Waals surface area (Å²) >= 11 is 8.83. The van der Waals surface area contributed by atoms with Crippen LogP contribution in [0.4, 0.5) is 5.82 Å². The lowest BCUT2D eigenvalue weighted by atomic mass is 10.2. The maximum absolute atomic E-state index is 11.9. The molecule has 0 spiro atoms. The normalized spacial score (nSPS) is 27.8. The van der Waals surface area contributed by atoms with Crippen LogP contribution in [0.25, 0.3) is 22.2 Å². The number of hydrogen-bond donors (Lipinski definition) is 5. The van der Waals surface area contributed by atoms with Gasteiger partial charge in [0.05, 0.1) is 37.1 Å². The lowest BCUT2D eigenvalue weighted by molar-refractivity contribution is -0.105. The highest BCUT2D eigenvalue weighted by molar-refractivity contribution is 8.44. The fourth-order valence-electron chi connectivity index (χ4n) is 4.71. The van der Waals surface area contributed by atoms with Gasteiger partial charge >= 0.3 is 13.5 Å². The Bertz CT molecular complexity index is 1750. The lowest BCUT2D eigenvalue weighted by Crippen LogP contribution is -2.28. The summed E-state index contributed by atoms with van der Waals surface area (Å²) in [6, 6.07) is 0. The number of nitrogens with zero attached hydrogens (tertiary/aromatic N) is 7. The molecule has 5 N–H and O–H groups in total. The van der Waals surface area contributed by atoms with Gasteiger partial charge in [0, 0.05) is 12.8 Å². The van der Waals surface area contributed by atoms with Crippen molar-refractivity contribution in [3.8, 4) is 0 Å². The number of nitrogens with one attached hydrogen (secondary N) is 1. The fraction of sp³-hybridized carbons (Fsp3) is 0.474. The number of nitrogen functional groups attached to an aromatic ring is 1. The van der Waals surface area contributed by atoms with Crippen molar-refractivity contribution in [3.63, 3.8) is 0 Å². The third-order valence-corrected chi connectivity index (χ3v) is 8.86. The molecular weight excluding hydrogens is 624 g/mol. The minimum atomic E-state index is -4.16. The van der Waals surface area contributed by atoms with Crippen molar-refractivity contribution in [3.05, 3.63) is 35.5 Å². The average Bonchev–Trinajstić information content (AvgIpc) is 3.68. The van der Waals surface area contributed by atoms with Crippen LogP contribution >= 0.6 is 25.8 Å². The van der Waals surface area contributed by atoms with Crippen molar-refractivity contribution in [2.45, 2.75) is 50.2 Å². The Morgan fingerprint density at radius 2 is 1.90 bits per heavy atom. The number of anilines is 1. The van der Waals surface area contributed by atoms with Crippen molar-refractivity contribution in [1.29, 1.82) is 0 Å². The van der Waals surface area contributed by atoms with Gasteiger partial charge in [0.2, 0.25) is 0 Å². The Morgan fingerprint density at radius 3 is 2.71 bits per heavy atom. The topological polar surface area (TPSA) is 237 Å². The molecule has 2 saturated heterocycles. The molecule has 0 aliphatic carbocycles. The summed E-state index contributed by atoms with van der Waals surface area (Å²) in [6.07, 6.45) is 2.49. The molecule has 7 atom stereocenters. The summed E-state index contributed by atoms with van der Waals surface area (Å²) < 4.78 is 43.3. The first kappa shape index (κ1) is 28.8. The number of hydrogen-bond acceptors (Lipinski definition) is 14. The molecule has 0 bridgehead atoms. The van der Waals surface area contributed by atoms with Gasteiger partial charge in [-0.1, -0.05) is 12.2 Å². The number of nitrogens with two attached hydrogens (primary N) is 1. The smallest absolute Gasteiger partial charge is 0.382 e. The molecule has 0 saturated carbocycles. The molecule has 4 aromatic rings. The van der Waals surface area contributed by atoms with Gasteiger partial charge < -0.3 is 34.1 Å². The summed E-state index contributed by atoms with van der Waals surface area (Å²) in [7, 11) is 0. The van der Waals surface area contributed by atoms with Crippen molar-refractivity contribution < 1.29 is 37.4 Å². The van der Waals surface area contributed by atoms with Gasteiger partial charge in [-0.3, -0.25) is 18.4 Å². The highest BCUT2D eigenvalue weighted by Crippen LogP contribution is 2.53. The van der Waals surface area contributed by atoms with Crippen LogP contribution in [-0.2, 0) is 39.4 Å². The first-order valence-corrected chi connectivity index (χ1v) is 17.3. The second-order valence-corrected chi connectivity index (χ2v) is 14.6. The molecular formula is C19H23N9O9P2S2. The Hall–Kier alpha value is -2.35. The summed E-state index contributed by atoms with van der Waals surface area (Å²) in [5.41, 5.74) is 6.88. The van der Waals surface area contributed by atoms with Crippen LogP contribution < -0.4 is 11.3 Å². The molecule has 4 aromatic heterocycles. The molecule has 6 rings (SSSR count). The van der Waals surface area contributed by atoms with Crippen molar-refractivity contribution in [2.75, 3.05) is 12.3 Å². The van der Waals surface area contributed by atoms with Gasteiger partial charge in [-0.2, -0.15) is 5.10 Å². The van der Waals surface area contributed by atoms with E-state index in [-0.39, 0.29) is 17.8 Å². The number of aromatic amines is 1. The number of rotatable bonds is 9. The van der Waals surface area contributed by atoms with Gasteiger partial charge in [0.15, 0.2) is 23.3 Å². The minimum absolute atomic E-state index is 0.116. The number of imidazole rings is 2. The predicted molar refractivity (Wildman–Crippen MR) is 147 cm³/mol. The molecule has 220 valence electrons. The van der Waals surface area contributed by atoms with E-state index in [4.69, 9.17) is 40.6 Å². The van der Waals surface area contributed by atoms with E-state index in [0.29, 0.717) is 29.5 Å². The van der Waals surface area contributed by atoms with Crippen LogP contribution in [0.2, 0.25) is 0 Å². The SMILES string of the molecule is Nc1ncnc2c1ncn2[C@H]1C[C@H](OP(O)(=S)O[C@@H]2CC[C@H](n3cnc4c(=O)[nH]ncc43)O2)[C@@H](COP(=O)(O)S)O1. The lowest BCUT2D eigenvalue weighted by Gasteiger charge is -2.25. The van der Waals surface area contributed by atoms with Gasteiger partial charge in [-0.05, 0) is 18.2 Å². The zero-order valence-electron chi connectivity index (χ0n) is 20.7. The number of H-pyrrole nitrogens is 1. The van der Waals surface area contributed by atoms with E-state index in [1.165, 1.54) is 25.2 Å². The number of thiol groups is 1. The maximum atomic E-state index is 11.9. The fourth-order valence-corrected chi connectivity index (χ4v) is 6.93. The van der Waals surface area contributed by atoms with Crippen LogP contribution in [-0.4, -0.2) is 74.2 Å². The molecule has 0 radical (unpaired) electrons. The highest BCUT2D eigenvalue weighted by Gasteiger charge is 2.43. The summed E-state index contributed by atoms with van der Waals surface area (Å²) in [6.45, 7) is -8.51. The van der Waals surface area contributed by atoms with E-state index in [9.17, 15) is 19.1 Å². The Morgan fingerprint density at radius 1 is 1.12 bits per heavy atom. The summed E-state index contributed by atoms with van der Waals surface area (Å²) in [5, 5.41) is 6.12. The summed E-state index contributed by atoms with van der Waals surface area (Å²) in [5.74, 6) is 0.177. The predicted octanol–water partition coefficient (Wildman–Crippen LogP) is 1.13. The average molecular weight is 648 g/mol. The molecule has 0 amide bonds. The first-order valence-electron chi connectivity index (χ1n) is 12.0. The van der Waals surface area contributed by atoms with E-state index < -0.39 is 56.6 Å². The first-order chi connectivity index (χ1) is 19.5. The maximum Gasteiger partial charge on any atom is 0.383 e. The summed E-state index contributed by atoms with van der Waals surface area (Å²) in [4.78, 5) is 48.9. The number of ether oxygens (including phenoxy) is 2. The molecule has 6 heterocycles. The van der Waals surface area contributed by atoms with Crippen LogP contribution in [0.15, 0.2) is 30.0 Å². The van der Waals surface area contributed by atoms with Crippen molar-refractivity contribution in [2.24, 2.45) is 0 Å². The molecule has 2 unspecified atom stereocenters. The molecule has 41 heavy (non-hydrogen) atoms. The quantitative estimate of drug-likeness (QED) is 0.126.